The number of carbonyl (C=O) groups excluding carboxylic acids is 1. The molecule has 5 nitrogen and oxygen atoms in total. The van der Waals surface area contributed by atoms with Crippen LogP contribution in [0.4, 0.5) is 0 Å². The van der Waals surface area contributed by atoms with Crippen LogP contribution in [0, 0.1) is 0 Å². The molecule has 22 heavy (non-hydrogen) atoms. The Kier molecular flexibility index (Phi) is 5.58. The Labute approximate surface area is 132 Å². The summed E-state index contributed by atoms with van der Waals surface area (Å²) in [6.07, 6.45) is 2.44. The summed E-state index contributed by atoms with van der Waals surface area (Å²) >= 11 is 0. The number of piperidine rings is 1. The van der Waals surface area contributed by atoms with Crippen molar-refractivity contribution >= 4 is 15.7 Å². The van der Waals surface area contributed by atoms with E-state index in [4.69, 9.17) is 0 Å². The van der Waals surface area contributed by atoms with Crippen molar-refractivity contribution in [2.75, 3.05) is 25.9 Å². The summed E-state index contributed by atoms with van der Waals surface area (Å²) in [5.41, 5.74) is 0.853. The first-order valence-corrected chi connectivity index (χ1v) is 9.38. The lowest BCUT2D eigenvalue weighted by atomic mass is 10.0. The Bertz CT molecular complexity index is 611. The molecule has 0 bridgehead atoms. The number of nitrogens with zero attached hydrogens (tertiary/aromatic N) is 1. The molecule has 0 spiro atoms. The highest BCUT2D eigenvalue weighted by atomic mass is 32.2. The molecule has 1 aliphatic rings. The van der Waals surface area contributed by atoms with Crippen molar-refractivity contribution in [3.63, 3.8) is 0 Å². The fraction of sp³-hybridized carbons (Fsp3) is 0.562. The third-order valence-electron chi connectivity index (χ3n) is 4.20. The fourth-order valence-corrected chi connectivity index (χ4v) is 3.59. The molecular formula is C16H24N2O3S. The van der Waals surface area contributed by atoms with Crippen LogP contribution in [0.3, 0.4) is 0 Å². The second-order valence-corrected chi connectivity index (χ2v) is 7.97. The molecule has 1 aliphatic heterocycles. The van der Waals surface area contributed by atoms with Gasteiger partial charge in [-0.05, 0) is 37.6 Å². The van der Waals surface area contributed by atoms with Gasteiger partial charge < -0.3 is 10.2 Å². The van der Waals surface area contributed by atoms with E-state index in [2.05, 4.69) is 5.32 Å². The maximum atomic E-state index is 12.3. The SMILES string of the molecule is CCS(=O)(=O)c1ccc(CC(=O)N2CCCC(NC)C2)cc1. The molecule has 0 saturated carbocycles. The molecule has 1 aromatic carbocycles. The molecule has 122 valence electrons. The average molecular weight is 324 g/mol. The van der Waals surface area contributed by atoms with Crippen molar-refractivity contribution in [2.24, 2.45) is 0 Å². The van der Waals surface area contributed by atoms with Gasteiger partial charge >= 0.3 is 0 Å². The number of hydrogen-bond acceptors (Lipinski definition) is 4. The summed E-state index contributed by atoms with van der Waals surface area (Å²) in [5.74, 6) is 0.191. The zero-order chi connectivity index (χ0) is 16.2. The molecule has 1 saturated heterocycles. The van der Waals surface area contributed by atoms with E-state index in [1.54, 1.807) is 31.2 Å². The minimum absolute atomic E-state index is 0.0878. The van der Waals surface area contributed by atoms with E-state index in [-0.39, 0.29) is 11.7 Å². The number of likely N-dealkylation sites (N-methyl/N-ethyl adjacent to an activating group) is 1. The average Bonchev–Trinajstić information content (AvgIpc) is 2.55. The van der Waals surface area contributed by atoms with Gasteiger partial charge in [-0.2, -0.15) is 0 Å². The Morgan fingerprint density at radius 1 is 1.32 bits per heavy atom. The van der Waals surface area contributed by atoms with Crippen LogP contribution in [0.5, 0.6) is 0 Å². The van der Waals surface area contributed by atoms with Gasteiger partial charge in [0, 0.05) is 19.1 Å². The molecule has 1 unspecified atom stereocenters. The largest absolute Gasteiger partial charge is 0.341 e. The first-order chi connectivity index (χ1) is 10.5. The van der Waals surface area contributed by atoms with Crippen LogP contribution in [0.1, 0.15) is 25.3 Å². The number of amides is 1. The molecule has 1 atom stereocenters. The lowest BCUT2D eigenvalue weighted by molar-refractivity contribution is -0.131. The standard InChI is InChI=1S/C16H24N2O3S/c1-3-22(20,21)15-8-6-13(7-9-15)11-16(19)18-10-4-5-14(12-18)17-2/h6-9,14,17H,3-5,10-12H2,1-2H3. The van der Waals surface area contributed by atoms with Gasteiger partial charge in [0.1, 0.15) is 0 Å². The van der Waals surface area contributed by atoms with Crippen molar-refractivity contribution in [3.8, 4) is 0 Å². The van der Waals surface area contributed by atoms with Crippen LogP contribution in [-0.4, -0.2) is 51.2 Å². The predicted molar refractivity (Wildman–Crippen MR) is 86.5 cm³/mol. The van der Waals surface area contributed by atoms with Crippen molar-refractivity contribution in [3.05, 3.63) is 29.8 Å². The minimum Gasteiger partial charge on any atom is -0.341 e. The number of benzene rings is 1. The highest BCUT2D eigenvalue weighted by molar-refractivity contribution is 7.91. The molecule has 1 heterocycles. The van der Waals surface area contributed by atoms with Gasteiger partial charge in [0.2, 0.25) is 5.91 Å². The van der Waals surface area contributed by atoms with Crippen LogP contribution in [-0.2, 0) is 21.1 Å². The van der Waals surface area contributed by atoms with Crippen molar-refractivity contribution in [2.45, 2.75) is 37.1 Å². The zero-order valence-corrected chi connectivity index (χ0v) is 14.0. The normalized spacial score (nSPS) is 19.2. The fourth-order valence-electron chi connectivity index (χ4n) is 2.71. The third-order valence-corrected chi connectivity index (χ3v) is 5.95. The van der Waals surface area contributed by atoms with Gasteiger partial charge in [0.25, 0.3) is 0 Å². The van der Waals surface area contributed by atoms with E-state index in [0.29, 0.717) is 17.4 Å². The summed E-state index contributed by atoms with van der Waals surface area (Å²) < 4.78 is 23.5. The molecule has 1 aromatic rings. The quantitative estimate of drug-likeness (QED) is 0.885. The first-order valence-electron chi connectivity index (χ1n) is 7.73. The van der Waals surface area contributed by atoms with Crippen LogP contribution >= 0.6 is 0 Å². The lowest BCUT2D eigenvalue weighted by Gasteiger charge is -2.32. The van der Waals surface area contributed by atoms with E-state index in [0.717, 1.165) is 31.5 Å². The van der Waals surface area contributed by atoms with E-state index >= 15 is 0 Å². The number of sulfone groups is 1. The number of carbonyl (C=O) groups is 1. The molecule has 2 rings (SSSR count). The van der Waals surface area contributed by atoms with Crippen molar-refractivity contribution in [1.29, 1.82) is 0 Å². The monoisotopic (exact) mass is 324 g/mol. The number of nitrogens with one attached hydrogen (secondary N) is 1. The van der Waals surface area contributed by atoms with Crippen molar-refractivity contribution in [1.82, 2.24) is 10.2 Å². The van der Waals surface area contributed by atoms with Gasteiger partial charge in [-0.3, -0.25) is 4.79 Å². The molecule has 1 N–H and O–H groups in total. The number of hydrogen-bond donors (Lipinski definition) is 1. The Morgan fingerprint density at radius 2 is 2.00 bits per heavy atom. The number of likely N-dealkylation sites (tertiary alicyclic amines) is 1. The highest BCUT2D eigenvalue weighted by Gasteiger charge is 2.22. The van der Waals surface area contributed by atoms with Crippen molar-refractivity contribution < 1.29 is 13.2 Å². The maximum Gasteiger partial charge on any atom is 0.227 e. The summed E-state index contributed by atoms with van der Waals surface area (Å²) in [7, 11) is -1.26. The Balaban J connectivity index is 2.00. The topological polar surface area (TPSA) is 66.5 Å². The van der Waals surface area contributed by atoms with Crippen LogP contribution in [0.25, 0.3) is 0 Å². The summed E-state index contributed by atoms with van der Waals surface area (Å²) in [6, 6.07) is 7.02. The van der Waals surface area contributed by atoms with E-state index in [9.17, 15) is 13.2 Å². The van der Waals surface area contributed by atoms with Crippen LogP contribution in [0.2, 0.25) is 0 Å². The van der Waals surface area contributed by atoms with Gasteiger partial charge in [0.05, 0.1) is 17.1 Å². The van der Waals surface area contributed by atoms with Crippen LogP contribution in [0.15, 0.2) is 29.2 Å². The lowest BCUT2D eigenvalue weighted by Crippen LogP contribution is -2.47. The van der Waals surface area contributed by atoms with Gasteiger partial charge in [-0.1, -0.05) is 19.1 Å². The second kappa shape index (κ2) is 7.24. The second-order valence-electron chi connectivity index (χ2n) is 5.69. The molecule has 1 fully saturated rings. The summed E-state index contributed by atoms with van der Waals surface area (Å²) in [6.45, 7) is 3.18. The summed E-state index contributed by atoms with van der Waals surface area (Å²) in [5, 5.41) is 3.22. The van der Waals surface area contributed by atoms with E-state index in [1.165, 1.54) is 0 Å². The number of rotatable bonds is 5. The van der Waals surface area contributed by atoms with Crippen LogP contribution < -0.4 is 5.32 Å². The first kappa shape index (κ1) is 17.0. The predicted octanol–water partition coefficient (Wildman–Crippen LogP) is 1.23. The molecule has 1 amide bonds. The molecule has 0 aliphatic carbocycles. The van der Waals surface area contributed by atoms with Gasteiger partial charge in [-0.25, -0.2) is 8.42 Å². The van der Waals surface area contributed by atoms with Gasteiger partial charge in [0.15, 0.2) is 9.84 Å². The molecule has 0 radical (unpaired) electrons. The Hall–Kier alpha value is -1.40. The van der Waals surface area contributed by atoms with E-state index in [1.807, 2.05) is 11.9 Å². The highest BCUT2D eigenvalue weighted by Crippen LogP contribution is 2.15. The zero-order valence-electron chi connectivity index (χ0n) is 13.2. The minimum atomic E-state index is -3.18. The molecular weight excluding hydrogens is 300 g/mol. The molecule has 0 aromatic heterocycles. The smallest absolute Gasteiger partial charge is 0.227 e. The summed E-state index contributed by atoms with van der Waals surface area (Å²) in [4.78, 5) is 14.6. The third kappa shape index (κ3) is 4.08. The van der Waals surface area contributed by atoms with E-state index < -0.39 is 9.84 Å². The maximum absolute atomic E-state index is 12.3. The van der Waals surface area contributed by atoms with Gasteiger partial charge in [-0.15, -0.1) is 0 Å². The Morgan fingerprint density at radius 3 is 2.59 bits per heavy atom. The molecule has 6 heteroatoms.